The van der Waals surface area contributed by atoms with Gasteiger partial charge >= 0.3 is 0 Å². The van der Waals surface area contributed by atoms with Crippen LogP contribution in [0.3, 0.4) is 0 Å². The van der Waals surface area contributed by atoms with Gasteiger partial charge in [0.1, 0.15) is 24.5 Å². The number of ether oxygens (including phenoxy) is 1. The van der Waals surface area contributed by atoms with Crippen molar-refractivity contribution in [1.29, 1.82) is 0 Å². The van der Waals surface area contributed by atoms with Crippen molar-refractivity contribution in [1.82, 2.24) is 9.97 Å². The van der Waals surface area contributed by atoms with Crippen LogP contribution in [0.15, 0.2) is 48.2 Å². The van der Waals surface area contributed by atoms with E-state index in [4.69, 9.17) is 4.74 Å². The number of benzene rings is 1. The van der Waals surface area contributed by atoms with Crippen molar-refractivity contribution in [3.05, 3.63) is 76.7 Å². The molecule has 1 aliphatic carbocycles. The van der Waals surface area contributed by atoms with Gasteiger partial charge in [0.25, 0.3) is 0 Å². The molecule has 1 aromatic carbocycles. The summed E-state index contributed by atoms with van der Waals surface area (Å²) in [6.07, 6.45) is 3.84. The second kappa shape index (κ2) is 8.93. The monoisotopic (exact) mass is 422 g/mol. The van der Waals surface area contributed by atoms with E-state index in [-0.39, 0.29) is 17.7 Å². The first-order chi connectivity index (χ1) is 14.5. The number of anilines is 1. The topological polar surface area (TPSA) is 84.3 Å². The van der Waals surface area contributed by atoms with Crippen LogP contribution < -0.4 is 10.1 Å². The average molecular weight is 423 g/mol. The van der Waals surface area contributed by atoms with Gasteiger partial charge in [-0.05, 0) is 55.7 Å². The minimum absolute atomic E-state index is 0.0170. The molecule has 0 amide bonds. The van der Waals surface area contributed by atoms with Crippen molar-refractivity contribution in [2.75, 3.05) is 5.32 Å². The number of nitrogens with zero attached hydrogens (tertiary/aromatic N) is 2. The maximum atomic E-state index is 13.1. The highest BCUT2D eigenvalue weighted by Gasteiger charge is 2.31. The number of para-hydroxylation sites is 1. The van der Waals surface area contributed by atoms with Gasteiger partial charge in [0.15, 0.2) is 0 Å². The van der Waals surface area contributed by atoms with Crippen LogP contribution in [0.2, 0.25) is 0 Å². The number of carbonyl (C=O) groups excluding carboxylic acids is 1. The van der Waals surface area contributed by atoms with E-state index in [2.05, 4.69) is 22.2 Å². The van der Waals surface area contributed by atoms with Gasteiger partial charge in [0.05, 0.1) is 16.5 Å². The van der Waals surface area contributed by atoms with Crippen LogP contribution in [0.4, 0.5) is 5.82 Å². The molecule has 7 heteroatoms. The first-order valence-corrected chi connectivity index (χ1v) is 10.8. The number of aliphatic hydroxyl groups excluding tert-OH is 1. The third-order valence-corrected chi connectivity index (χ3v) is 6.30. The van der Waals surface area contributed by atoms with Crippen molar-refractivity contribution in [2.45, 2.75) is 38.5 Å². The summed E-state index contributed by atoms with van der Waals surface area (Å²) >= 11 is 1.38. The van der Waals surface area contributed by atoms with Crippen LogP contribution in [-0.4, -0.2) is 33.0 Å². The van der Waals surface area contributed by atoms with Crippen LogP contribution in [0, 0.1) is 19.8 Å². The third-order valence-electron chi connectivity index (χ3n) is 5.32. The number of aryl methyl sites for hydroxylation is 1. The Morgan fingerprint density at radius 2 is 2.20 bits per heavy atom. The standard InChI is InChI=1S/C23H24N3O3S/c1-14-5-3-4-6-20(14)29-11-16-8-21(30-12-16)22(28)18-10-24-13-25-23(18)26-17-7-15(2)19(27)9-17/h3-6,8,10,12-13,15,17,19,27H,2,7,9,11H2,1H3,(H,24,25,26)/t15-,17-,19+/m1/s1. The maximum Gasteiger partial charge on any atom is 0.208 e. The molecule has 0 bridgehead atoms. The summed E-state index contributed by atoms with van der Waals surface area (Å²) in [7, 11) is 0. The van der Waals surface area contributed by atoms with Crippen molar-refractivity contribution in [3.8, 4) is 5.75 Å². The number of thiophene rings is 1. The van der Waals surface area contributed by atoms with Crippen LogP contribution in [0.25, 0.3) is 0 Å². The number of ketones is 1. The number of aliphatic hydroxyl groups is 1. The Hall–Kier alpha value is -2.77. The highest BCUT2D eigenvalue weighted by atomic mass is 32.1. The largest absolute Gasteiger partial charge is 0.489 e. The van der Waals surface area contributed by atoms with Crippen LogP contribution in [0.1, 0.15) is 39.2 Å². The molecule has 30 heavy (non-hydrogen) atoms. The van der Waals surface area contributed by atoms with Crippen LogP contribution in [-0.2, 0) is 6.61 Å². The van der Waals surface area contributed by atoms with Crippen molar-refractivity contribution in [3.63, 3.8) is 0 Å². The van der Waals surface area contributed by atoms with E-state index in [0.717, 1.165) is 23.3 Å². The molecule has 0 saturated heterocycles. The van der Waals surface area contributed by atoms with E-state index in [1.807, 2.05) is 42.6 Å². The fourth-order valence-electron chi connectivity index (χ4n) is 3.61. The molecule has 1 fully saturated rings. The van der Waals surface area contributed by atoms with E-state index in [1.165, 1.54) is 23.9 Å². The number of aromatic nitrogens is 2. The molecule has 1 aliphatic rings. The Balaban J connectivity index is 1.46. The van der Waals surface area contributed by atoms with Gasteiger partial charge < -0.3 is 15.2 Å². The zero-order chi connectivity index (χ0) is 21.1. The molecule has 4 rings (SSSR count). The summed E-state index contributed by atoms with van der Waals surface area (Å²) in [5.41, 5.74) is 2.44. The first-order valence-electron chi connectivity index (χ1n) is 9.89. The molecule has 1 radical (unpaired) electrons. The zero-order valence-corrected chi connectivity index (χ0v) is 17.6. The quantitative estimate of drug-likeness (QED) is 0.559. The SMILES string of the molecule is [CH2][C@@H]1C[C@@H](Nc2ncncc2C(=O)c2cc(COc3ccccc3C)cs2)C[C@@H]1O. The molecule has 3 aromatic rings. The van der Waals surface area contributed by atoms with Gasteiger partial charge in [-0.3, -0.25) is 4.79 Å². The lowest BCUT2D eigenvalue weighted by Crippen LogP contribution is -2.20. The maximum absolute atomic E-state index is 13.1. The number of rotatable bonds is 7. The summed E-state index contributed by atoms with van der Waals surface area (Å²) in [4.78, 5) is 22.0. The molecule has 2 aromatic heterocycles. The molecule has 155 valence electrons. The summed E-state index contributed by atoms with van der Waals surface area (Å²) in [5, 5.41) is 15.2. The third kappa shape index (κ3) is 4.52. The van der Waals surface area contributed by atoms with Gasteiger partial charge in [0.2, 0.25) is 5.78 Å². The van der Waals surface area contributed by atoms with Crippen molar-refractivity contribution in [2.24, 2.45) is 5.92 Å². The van der Waals surface area contributed by atoms with Crippen LogP contribution in [0.5, 0.6) is 5.75 Å². The summed E-state index contributed by atoms with van der Waals surface area (Å²) in [6, 6.07) is 9.74. The smallest absolute Gasteiger partial charge is 0.208 e. The molecule has 0 spiro atoms. The Bertz CT molecular complexity index is 1030. The van der Waals surface area contributed by atoms with Gasteiger partial charge in [0, 0.05) is 17.8 Å². The molecular formula is C23H24N3O3S. The lowest BCUT2D eigenvalue weighted by molar-refractivity contribution is 0.104. The fourth-order valence-corrected chi connectivity index (χ4v) is 4.46. The van der Waals surface area contributed by atoms with Gasteiger partial charge in [-0.2, -0.15) is 0 Å². The molecule has 2 N–H and O–H groups in total. The van der Waals surface area contributed by atoms with Crippen molar-refractivity contribution < 1.29 is 14.6 Å². The minimum Gasteiger partial charge on any atom is -0.489 e. The number of hydrogen-bond donors (Lipinski definition) is 2. The molecule has 1 saturated carbocycles. The van der Waals surface area contributed by atoms with Gasteiger partial charge in [-0.15, -0.1) is 11.3 Å². The Kier molecular flexibility index (Phi) is 6.11. The van der Waals surface area contributed by atoms with Gasteiger partial charge in [-0.1, -0.05) is 18.2 Å². The fraction of sp³-hybridized carbons (Fsp3) is 0.304. The molecular weight excluding hydrogens is 398 g/mol. The average Bonchev–Trinajstić information content (AvgIpc) is 3.34. The van der Waals surface area contributed by atoms with E-state index in [9.17, 15) is 9.90 Å². The number of nitrogens with one attached hydrogen (secondary N) is 1. The van der Waals surface area contributed by atoms with E-state index in [1.54, 1.807) is 0 Å². The number of carbonyl (C=O) groups is 1. The predicted molar refractivity (Wildman–Crippen MR) is 117 cm³/mol. The summed E-state index contributed by atoms with van der Waals surface area (Å²) in [5.74, 6) is 1.18. The lowest BCUT2D eigenvalue weighted by atomic mass is 10.1. The minimum atomic E-state index is -0.434. The lowest BCUT2D eigenvalue weighted by Gasteiger charge is -2.15. The van der Waals surface area contributed by atoms with Gasteiger partial charge in [-0.25, -0.2) is 9.97 Å². The predicted octanol–water partition coefficient (Wildman–Crippen LogP) is 4.04. The van der Waals surface area contributed by atoms with E-state index < -0.39 is 6.10 Å². The van der Waals surface area contributed by atoms with E-state index in [0.29, 0.717) is 29.3 Å². The van der Waals surface area contributed by atoms with E-state index >= 15 is 0 Å². The summed E-state index contributed by atoms with van der Waals surface area (Å²) in [6.45, 7) is 6.36. The molecule has 0 aliphatic heterocycles. The molecule has 3 atom stereocenters. The second-order valence-corrected chi connectivity index (χ2v) is 8.54. The molecule has 2 heterocycles. The Labute approximate surface area is 180 Å². The Morgan fingerprint density at radius 1 is 1.37 bits per heavy atom. The number of hydrogen-bond acceptors (Lipinski definition) is 7. The van der Waals surface area contributed by atoms with Crippen LogP contribution >= 0.6 is 11.3 Å². The molecule has 0 unspecified atom stereocenters. The highest BCUT2D eigenvalue weighted by molar-refractivity contribution is 7.12. The normalized spacial score (nSPS) is 20.8. The highest BCUT2D eigenvalue weighted by Crippen LogP contribution is 2.29. The first kappa shape index (κ1) is 20.5. The summed E-state index contributed by atoms with van der Waals surface area (Å²) < 4.78 is 5.88. The second-order valence-electron chi connectivity index (χ2n) is 7.63. The molecule has 6 nitrogen and oxygen atoms in total. The van der Waals surface area contributed by atoms with Crippen molar-refractivity contribution >= 4 is 22.9 Å². The zero-order valence-electron chi connectivity index (χ0n) is 16.7. The Morgan fingerprint density at radius 3 is 2.97 bits per heavy atom.